The van der Waals surface area contributed by atoms with E-state index in [-0.39, 0.29) is 11.3 Å². The molecule has 0 aromatic carbocycles. The van der Waals surface area contributed by atoms with E-state index in [0.717, 1.165) is 19.3 Å². The van der Waals surface area contributed by atoms with Gasteiger partial charge in [-0.1, -0.05) is 19.1 Å². The Kier molecular flexibility index (Phi) is 2.27. The van der Waals surface area contributed by atoms with Gasteiger partial charge in [-0.25, -0.2) is 0 Å². The number of nitrogens with zero attached hydrogens (tertiary/aromatic N) is 1. The van der Waals surface area contributed by atoms with Gasteiger partial charge in [0.1, 0.15) is 0 Å². The summed E-state index contributed by atoms with van der Waals surface area (Å²) in [4.78, 5) is 13.4. The minimum atomic E-state index is -0.166. The molecule has 0 saturated heterocycles. The molecule has 1 rings (SSSR count). The van der Waals surface area contributed by atoms with Crippen LogP contribution in [0.3, 0.4) is 0 Å². The van der Waals surface area contributed by atoms with E-state index in [0.29, 0.717) is 0 Å². The SMILES string of the molecule is C=C1CCC(C)(C(=O)N(C)C)C1. The van der Waals surface area contributed by atoms with Crippen LogP contribution in [0.1, 0.15) is 26.2 Å². The third-order valence-corrected chi connectivity index (χ3v) is 2.59. The molecule has 1 aliphatic rings. The molecule has 0 aromatic rings. The second-order valence-corrected chi connectivity index (χ2v) is 4.19. The maximum absolute atomic E-state index is 11.7. The Morgan fingerprint density at radius 3 is 2.50 bits per heavy atom. The number of carbonyl (C=O) groups is 1. The fourth-order valence-corrected chi connectivity index (χ4v) is 1.90. The summed E-state index contributed by atoms with van der Waals surface area (Å²) in [5.41, 5.74) is 1.05. The van der Waals surface area contributed by atoms with Gasteiger partial charge in [0.05, 0.1) is 5.41 Å². The molecule has 0 heterocycles. The zero-order chi connectivity index (χ0) is 9.35. The van der Waals surface area contributed by atoms with E-state index in [1.165, 1.54) is 5.57 Å². The zero-order valence-electron chi connectivity index (χ0n) is 8.18. The van der Waals surface area contributed by atoms with Crippen molar-refractivity contribution in [1.29, 1.82) is 0 Å². The summed E-state index contributed by atoms with van der Waals surface area (Å²) in [5.74, 6) is 0.237. The van der Waals surface area contributed by atoms with Crippen LogP contribution in [0.5, 0.6) is 0 Å². The van der Waals surface area contributed by atoms with Crippen molar-refractivity contribution >= 4 is 5.91 Å². The van der Waals surface area contributed by atoms with E-state index in [2.05, 4.69) is 6.58 Å². The van der Waals surface area contributed by atoms with Gasteiger partial charge in [0, 0.05) is 14.1 Å². The van der Waals surface area contributed by atoms with Crippen molar-refractivity contribution in [3.63, 3.8) is 0 Å². The molecule has 0 spiro atoms. The maximum Gasteiger partial charge on any atom is 0.228 e. The van der Waals surface area contributed by atoms with Gasteiger partial charge in [-0.3, -0.25) is 4.79 Å². The molecule has 0 aliphatic heterocycles. The van der Waals surface area contributed by atoms with Gasteiger partial charge < -0.3 is 4.90 Å². The van der Waals surface area contributed by atoms with Gasteiger partial charge in [0.2, 0.25) is 5.91 Å². The molecule has 1 saturated carbocycles. The number of rotatable bonds is 1. The topological polar surface area (TPSA) is 20.3 Å². The van der Waals surface area contributed by atoms with E-state index in [1.807, 2.05) is 21.0 Å². The molecule has 2 heteroatoms. The van der Waals surface area contributed by atoms with Crippen molar-refractivity contribution < 1.29 is 4.79 Å². The lowest BCUT2D eigenvalue weighted by Gasteiger charge is -2.25. The predicted octanol–water partition coefficient (Wildman–Crippen LogP) is 1.82. The quantitative estimate of drug-likeness (QED) is 0.545. The van der Waals surface area contributed by atoms with E-state index >= 15 is 0 Å². The van der Waals surface area contributed by atoms with Crippen molar-refractivity contribution in [1.82, 2.24) is 4.90 Å². The standard InChI is InChI=1S/C10H17NO/c1-8-5-6-10(2,7-8)9(12)11(3)4/h1,5-7H2,2-4H3. The van der Waals surface area contributed by atoms with Crippen LogP contribution in [0.25, 0.3) is 0 Å². The first kappa shape index (κ1) is 9.30. The highest BCUT2D eigenvalue weighted by molar-refractivity contribution is 5.82. The molecule has 1 unspecified atom stereocenters. The summed E-state index contributed by atoms with van der Waals surface area (Å²) in [7, 11) is 3.63. The maximum atomic E-state index is 11.7. The average Bonchev–Trinajstić information content (AvgIpc) is 2.31. The molecule has 0 aromatic heterocycles. The summed E-state index contributed by atoms with van der Waals surface area (Å²) >= 11 is 0. The van der Waals surface area contributed by atoms with Crippen LogP contribution in [0.15, 0.2) is 12.2 Å². The molecular weight excluding hydrogens is 150 g/mol. The van der Waals surface area contributed by atoms with Gasteiger partial charge in [-0.2, -0.15) is 0 Å². The van der Waals surface area contributed by atoms with Crippen LogP contribution in [0.2, 0.25) is 0 Å². The summed E-state index contributed by atoms with van der Waals surface area (Å²) in [6.45, 7) is 5.96. The summed E-state index contributed by atoms with van der Waals surface area (Å²) < 4.78 is 0. The van der Waals surface area contributed by atoms with E-state index in [9.17, 15) is 4.79 Å². The highest BCUT2D eigenvalue weighted by Gasteiger charge is 2.38. The highest BCUT2D eigenvalue weighted by atomic mass is 16.2. The molecule has 0 N–H and O–H groups in total. The fourth-order valence-electron chi connectivity index (χ4n) is 1.90. The van der Waals surface area contributed by atoms with Crippen LogP contribution >= 0.6 is 0 Å². The Bertz CT molecular complexity index is 220. The fraction of sp³-hybridized carbons (Fsp3) is 0.700. The van der Waals surface area contributed by atoms with Gasteiger partial charge in [0.15, 0.2) is 0 Å². The van der Waals surface area contributed by atoms with Crippen molar-refractivity contribution in [3.05, 3.63) is 12.2 Å². The van der Waals surface area contributed by atoms with Gasteiger partial charge in [-0.15, -0.1) is 0 Å². The molecule has 0 radical (unpaired) electrons. The number of hydrogen-bond acceptors (Lipinski definition) is 1. The molecule has 1 aliphatic carbocycles. The Morgan fingerprint density at radius 2 is 2.17 bits per heavy atom. The number of amides is 1. The second kappa shape index (κ2) is 2.92. The molecule has 68 valence electrons. The summed E-state index contributed by atoms with van der Waals surface area (Å²) in [6.07, 6.45) is 2.84. The Balaban J connectivity index is 2.73. The Morgan fingerprint density at radius 1 is 1.58 bits per heavy atom. The van der Waals surface area contributed by atoms with Crippen molar-refractivity contribution in [2.24, 2.45) is 5.41 Å². The Hall–Kier alpha value is -0.790. The van der Waals surface area contributed by atoms with Crippen molar-refractivity contribution in [2.45, 2.75) is 26.2 Å². The lowest BCUT2D eigenvalue weighted by Crippen LogP contribution is -2.36. The first-order valence-corrected chi connectivity index (χ1v) is 4.34. The van der Waals surface area contributed by atoms with Gasteiger partial charge in [0.25, 0.3) is 0 Å². The normalized spacial score (nSPS) is 29.1. The Labute approximate surface area is 74.2 Å². The molecule has 12 heavy (non-hydrogen) atoms. The zero-order valence-corrected chi connectivity index (χ0v) is 8.18. The van der Waals surface area contributed by atoms with Crippen LogP contribution in [-0.4, -0.2) is 24.9 Å². The minimum Gasteiger partial charge on any atom is -0.348 e. The van der Waals surface area contributed by atoms with Crippen molar-refractivity contribution in [3.8, 4) is 0 Å². The van der Waals surface area contributed by atoms with Crippen LogP contribution in [0, 0.1) is 5.41 Å². The highest BCUT2D eigenvalue weighted by Crippen LogP contribution is 2.41. The number of carbonyl (C=O) groups excluding carboxylic acids is 1. The molecule has 2 nitrogen and oxygen atoms in total. The molecule has 0 bridgehead atoms. The third-order valence-electron chi connectivity index (χ3n) is 2.59. The molecule has 1 amide bonds. The minimum absolute atomic E-state index is 0.166. The van der Waals surface area contributed by atoms with Gasteiger partial charge in [-0.05, 0) is 19.3 Å². The lowest BCUT2D eigenvalue weighted by atomic mass is 9.87. The van der Waals surface area contributed by atoms with Crippen LogP contribution in [0.4, 0.5) is 0 Å². The largest absolute Gasteiger partial charge is 0.348 e. The second-order valence-electron chi connectivity index (χ2n) is 4.19. The molecule has 1 fully saturated rings. The first-order valence-electron chi connectivity index (χ1n) is 4.34. The average molecular weight is 167 g/mol. The monoisotopic (exact) mass is 167 g/mol. The summed E-state index contributed by atoms with van der Waals surface area (Å²) in [6, 6.07) is 0. The number of hydrogen-bond donors (Lipinski definition) is 0. The van der Waals surface area contributed by atoms with Gasteiger partial charge >= 0.3 is 0 Å². The van der Waals surface area contributed by atoms with Crippen molar-refractivity contribution in [2.75, 3.05) is 14.1 Å². The summed E-state index contributed by atoms with van der Waals surface area (Å²) in [5, 5.41) is 0. The van der Waals surface area contributed by atoms with E-state index in [4.69, 9.17) is 0 Å². The number of allylic oxidation sites excluding steroid dienone is 1. The molecule has 1 atom stereocenters. The lowest BCUT2D eigenvalue weighted by molar-refractivity contribution is -0.138. The van der Waals surface area contributed by atoms with E-state index < -0.39 is 0 Å². The third kappa shape index (κ3) is 1.52. The predicted molar refractivity (Wildman–Crippen MR) is 49.8 cm³/mol. The van der Waals surface area contributed by atoms with Crippen LogP contribution in [-0.2, 0) is 4.79 Å². The smallest absolute Gasteiger partial charge is 0.228 e. The first-order chi connectivity index (χ1) is 5.46. The van der Waals surface area contributed by atoms with Crippen LogP contribution < -0.4 is 0 Å². The van der Waals surface area contributed by atoms with E-state index in [1.54, 1.807) is 4.90 Å². The molecular formula is C10H17NO.